The lowest BCUT2D eigenvalue weighted by Crippen LogP contribution is -2.28. The molecule has 1 heterocycles. The third kappa shape index (κ3) is 3.78. The van der Waals surface area contributed by atoms with Gasteiger partial charge in [-0.05, 0) is 17.2 Å². The van der Waals surface area contributed by atoms with E-state index >= 15 is 0 Å². The van der Waals surface area contributed by atoms with Crippen LogP contribution >= 0.6 is 0 Å². The molecule has 4 nitrogen and oxygen atoms in total. The molecule has 2 atom stereocenters. The molecule has 0 bridgehead atoms. The van der Waals surface area contributed by atoms with E-state index in [1.807, 2.05) is 24.3 Å². The summed E-state index contributed by atoms with van der Waals surface area (Å²) in [6.45, 7) is 4.15. The Morgan fingerprint density at radius 1 is 1.13 bits per heavy atom. The number of carbonyl (C=O) groups excluding carboxylic acids is 1. The van der Waals surface area contributed by atoms with Gasteiger partial charge in [-0.15, -0.1) is 0 Å². The van der Waals surface area contributed by atoms with Crippen LogP contribution in [-0.2, 0) is 11.3 Å². The molecule has 23 heavy (non-hydrogen) atoms. The molecule has 0 spiro atoms. The second kappa shape index (κ2) is 6.94. The van der Waals surface area contributed by atoms with E-state index < -0.39 is 0 Å². The van der Waals surface area contributed by atoms with Gasteiger partial charge >= 0.3 is 0 Å². The Balaban J connectivity index is 1.72. The number of amides is 1. The summed E-state index contributed by atoms with van der Waals surface area (Å²) in [5.74, 6) is 0.321. The lowest BCUT2D eigenvalue weighted by atomic mass is 9.95. The van der Waals surface area contributed by atoms with Gasteiger partial charge in [0.25, 0.3) is 0 Å². The van der Waals surface area contributed by atoms with Crippen LogP contribution in [0.5, 0.6) is 0 Å². The van der Waals surface area contributed by atoms with E-state index in [4.69, 9.17) is 5.73 Å². The van der Waals surface area contributed by atoms with Crippen LogP contribution in [0, 0.1) is 0 Å². The van der Waals surface area contributed by atoms with Crippen LogP contribution in [0.25, 0.3) is 0 Å². The average Bonchev–Trinajstić information content (AvgIpc) is 2.90. The number of nitrogens with zero attached hydrogens (tertiary/aromatic N) is 1. The number of nitrogens with two attached hydrogens (primary N) is 1. The first-order chi connectivity index (χ1) is 11.1. The molecule has 3 rings (SSSR count). The molecule has 3 N–H and O–H groups in total. The van der Waals surface area contributed by atoms with Crippen molar-refractivity contribution in [2.75, 3.05) is 18.4 Å². The maximum Gasteiger partial charge on any atom is 0.221 e. The van der Waals surface area contributed by atoms with Crippen molar-refractivity contribution in [2.45, 2.75) is 25.4 Å². The molecular formula is C19H23N3O. The van der Waals surface area contributed by atoms with Crippen LogP contribution in [0.15, 0.2) is 54.6 Å². The van der Waals surface area contributed by atoms with Gasteiger partial charge in [0, 0.05) is 44.2 Å². The number of nitrogens with one attached hydrogen (secondary N) is 1. The highest BCUT2D eigenvalue weighted by Gasteiger charge is 2.31. The number of rotatable bonds is 4. The number of carbonyl (C=O) groups is 1. The first-order valence-corrected chi connectivity index (χ1v) is 8.02. The predicted molar refractivity (Wildman–Crippen MR) is 93.2 cm³/mol. The number of benzene rings is 2. The van der Waals surface area contributed by atoms with Gasteiger partial charge in [-0.2, -0.15) is 0 Å². The van der Waals surface area contributed by atoms with Crippen molar-refractivity contribution >= 4 is 11.6 Å². The summed E-state index contributed by atoms with van der Waals surface area (Å²) in [6, 6.07) is 18.6. The molecule has 4 heteroatoms. The van der Waals surface area contributed by atoms with E-state index in [1.54, 1.807) is 0 Å². The van der Waals surface area contributed by atoms with Gasteiger partial charge in [0.1, 0.15) is 0 Å². The minimum atomic E-state index is -0.0438. The summed E-state index contributed by atoms with van der Waals surface area (Å²) in [7, 11) is 0. The zero-order valence-corrected chi connectivity index (χ0v) is 13.4. The molecule has 2 aromatic carbocycles. The highest BCUT2D eigenvalue weighted by molar-refractivity contribution is 5.89. The Hall–Kier alpha value is -2.17. The Bertz CT molecular complexity index is 671. The molecule has 0 radical (unpaired) electrons. The van der Waals surface area contributed by atoms with E-state index in [1.165, 1.54) is 12.5 Å². The molecule has 1 aliphatic heterocycles. The Morgan fingerprint density at radius 3 is 2.57 bits per heavy atom. The molecule has 1 fully saturated rings. The van der Waals surface area contributed by atoms with Crippen molar-refractivity contribution in [1.82, 2.24) is 4.90 Å². The fourth-order valence-electron chi connectivity index (χ4n) is 3.31. The van der Waals surface area contributed by atoms with E-state index in [9.17, 15) is 4.79 Å². The molecule has 1 saturated heterocycles. The molecule has 1 aliphatic rings. The van der Waals surface area contributed by atoms with Crippen LogP contribution < -0.4 is 11.1 Å². The number of hydrogen-bond donors (Lipinski definition) is 2. The molecule has 120 valence electrons. The smallest absolute Gasteiger partial charge is 0.221 e. The molecular weight excluding hydrogens is 286 g/mol. The lowest BCUT2D eigenvalue weighted by molar-refractivity contribution is -0.114. The van der Waals surface area contributed by atoms with Crippen molar-refractivity contribution in [3.05, 3.63) is 65.7 Å². The maximum atomic E-state index is 11.3. The summed E-state index contributed by atoms with van der Waals surface area (Å²) < 4.78 is 0. The van der Waals surface area contributed by atoms with Crippen LogP contribution in [0.3, 0.4) is 0 Å². The van der Waals surface area contributed by atoms with Gasteiger partial charge < -0.3 is 11.1 Å². The van der Waals surface area contributed by atoms with Crippen LogP contribution in [0.1, 0.15) is 24.0 Å². The Labute approximate surface area is 137 Å². The zero-order chi connectivity index (χ0) is 16.2. The molecule has 2 aromatic rings. The van der Waals surface area contributed by atoms with Gasteiger partial charge in [-0.1, -0.05) is 48.5 Å². The zero-order valence-electron chi connectivity index (χ0n) is 13.4. The number of anilines is 1. The SMILES string of the molecule is CC(=O)Nc1ccccc1CN1C[C@@H](N)[C@H](c2ccccc2)C1. The topological polar surface area (TPSA) is 58.4 Å². The van der Waals surface area contributed by atoms with Crippen molar-refractivity contribution in [2.24, 2.45) is 5.73 Å². The molecule has 0 aliphatic carbocycles. The summed E-state index contributed by atoms with van der Waals surface area (Å²) in [5, 5.41) is 2.90. The second-order valence-electron chi connectivity index (χ2n) is 6.21. The van der Waals surface area contributed by atoms with E-state index in [-0.39, 0.29) is 11.9 Å². The monoisotopic (exact) mass is 309 g/mol. The normalized spacial score (nSPS) is 21.3. The van der Waals surface area contributed by atoms with Crippen LogP contribution in [-0.4, -0.2) is 29.9 Å². The van der Waals surface area contributed by atoms with Gasteiger partial charge in [-0.3, -0.25) is 9.69 Å². The van der Waals surface area contributed by atoms with E-state index in [0.717, 1.165) is 30.9 Å². The standard InChI is InChI=1S/C19H23N3O/c1-14(23)21-19-10-6-5-9-16(19)11-22-12-17(18(20)13-22)15-7-3-2-4-8-15/h2-10,17-18H,11-13,20H2,1H3,(H,21,23)/t17-,18+/m0/s1. The molecule has 1 amide bonds. The first kappa shape index (κ1) is 15.7. The Kier molecular flexibility index (Phi) is 4.74. The maximum absolute atomic E-state index is 11.3. The van der Waals surface area contributed by atoms with E-state index in [0.29, 0.717) is 5.92 Å². The predicted octanol–water partition coefficient (Wildman–Crippen LogP) is 2.57. The molecule has 0 aromatic heterocycles. The van der Waals surface area contributed by atoms with Gasteiger partial charge in [-0.25, -0.2) is 0 Å². The first-order valence-electron chi connectivity index (χ1n) is 8.02. The van der Waals surface area contributed by atoms with Crippen LogP contribution in [0.4, 0.5) is 5.69 Å². The van der Waals surface area contributed by atoms with E-state index in [2.05, 4.69) is 40.5 Å². The summed E-state index contributed by atoms with van der Waals surface area (Å²) >= 11 is 0. The third-order valence-electron chi connectivity index (χ3n) is 4.39. The summed E-state index contributed by atoms with van der Waals surface area (Å²) in [6.07, 6.45) is 0. The Morgan fingerprint density at radius 2 is 1.83 bits per heavy atom. The number of likely N-dealkylation sites (tertiary alicyclic amines) is 1. The fourth-order valence-corrected chi connectivity index (χ4v) is 3.31. The highest BCUT2D eigenvalue weighted by atomic mass is 16.1. The lowest BCUT2D eigenvalue weighted by Gasteiger charge is -2.18. The number of para-hydroxylation sites is 1. The molecule has 0 saturated carbocycles. The van der Waals surface area contributed by atoms with Crippen molar-refractivity contribution in [1.29, 1.82) is 0 Å². The van der Waals surface area contributed by atoms with Crippen molar-refractivity contribution in [3.63, 3.8) is 0 Å². The summed E-state index contributed by atoms with van der Waals surface area (Å²) in [5.41, 5.74) is 9.68. The summed E-state index contributed by atoms with van der Waals surface area (Å²) in [4.78, 5) is 13.7. The molecule has 0 unspecified atom stereocenters. The van der Waals surface area contributed by atoms with Crippen LogP contribution in [0.2, 0.25) is 0 Å². The quantitative estimate of drug-likeness (QED) is 0.912. The highest BCUT2D eigenvalue weighted by Crippen LogP contribution is 2.28. The largest absolute Gasteiger partial charge is 0.326 e. The fraction of sp³-hybridized carbons (Fsp3) is 0.316. The third-order valence-corrected chi connectivity index (χ3v) is 4.39. The van der Waals surface area contributed by atoms with Gasteiger partial charge in [0.15, 0.2) is 0 Å². The minimum Gasteiger partial charge on any atom is -0.326 e. The van der Waals surface area contributed by atoms with Gasteiger partial charge in [0.05, 0.1) is 0 Å². The average molecular weight is 309 g/mol. The van der Waals surface area contributed by atoms with Crippen molar-refractivity contribution < 1.29 is 4.79 Å². The van der Waals surface area contributed by atoms with Gasteiger partial charge in [0.2, 0.25) is 5.91 Å². The van der Waals surface area contributed by atoms with Crippen molar-refractivity contribution in [3.8, 4) is 0 Å². The second-order valence-corrected chi connectivity index (χ2v) is 6.21. The minimum absolute atomic E-state index is 0.0438. The number of hydrogen-bond acceptors (Lipinski definition) is 3.